The first-order valence-corrected chi connectivity index (χ1v) is 9.99. The molecule has 0 radical (unpaired) electrons. The molecule has 11 heteroatoms. The van der Waals surface area contributed by atoms with E-state index in [0.717, 1.165) is 12.0 Å². The number of hydrogen-bond donors (Lipinski definition) is 4. The first kappa shape index (κ1) is 21.1. The van der Waals surface area contributed by atoms with Gasteiger partial charge in [0.15, 0.2) is 0 Å². The Bertz CT molecular complexity index is 1190. The van der Waals surface area contributed by atoms with Crippen molar-refractivity contribution in [3.05, 3.63) is 76.8 Å². The van der Waals surface area contributed by atoms with E-state index in [4.69, 9.17) is 16.6 Å². The van der Waals surface area contributed by atoms with Gasteiger partial charge in [-0.3, -0.25) is 5.41 Å². The van der Waals surface area contributed by atoms with Crippen LogP contribution in [0.3, 0.4) is 0 Å². The molecule has 164 valence electrons. The molecule has 3 heterocycles. The Morgan fingerprint density at radius 1 is 1.25 bits per heavy atom. The molecule has 0 unspecified atom stereocenters. The van der Waals surface area contributed by atoms with Gasteiger partial charge >= 0.3 is 0 Å². The Hall–Kier alpha value is -4.15. The molecule has 0 atom stereocenters. The zero-order chi connectivity index (χ0) is 22.7. The number of fused-ring (bicyclic) bond motifs is 1. The second-order valence-electron chi connectivity index (χ2n) is 7.23. The number of nitrogens with one attached hydrogen (secondary N) is 3. The lowest BCUT2D eigenvalue weighted by atomic mass is 9.99. The average molecular weight is 434 g/mol. The third-order valence-electron chi connectivity index (χ3n) is 5.27. The largest absolute Gasteiger partial charge is 0.398 e. The van der Waals surface area contributed by atoms with Crippen LogP contribution in [0.15, 0.2) is 65.3 Å². The third-order valence-corrected chi connectivity index (χ3v) is 5.27. The number of aromatic nitrogens is 5. The van der Waals surface area contributed by atoms with E-state index in [1.165, 1.54) is 31.0 Å². The van der Waals surface area contributed by atoms with E-state index >= 15 is 0 Å². The van der Waals surface area contributed by atoms with Crippen molar-refractivity contribution in [3.63, 3.8) is 0 Å². The summed E-state index contributed by atoms with van der Waals surface area (Å²) in [6.07, 6.45) is 8.52. The second kappa shape index (κ2) is 8.92. The number of nitrogens with two attached hydrogens (primary N) is 1. The van der Waals surface area contributed by atoms with Crippen LogP contribution in [0.2, 0.25) is 0 Å². The summed E-state index contributed by atoms with van der Waals surface area (Å²) >= 11 is 0. The summed E-state index contributed by atoms with van der Waals surface area (Å²) in [5.41, 5.74) is 7.74. The van der Waals surface area contributed by atoms with Crippen LogP contribution < -0.4 is 16.0 Å². The third kappa shape index (κ3) is 4.04. The van der Waals surface area contributed by atoms with Crippen molar-refractivity contribution in [1.29, 1.82) is 10.8 Å². The highest BCUT2D eigenvalue weighted by atomic mass is 19.1. The number of allylic oxidation sites excluding steroid dienone is 6. The first-order valence-electron chi connectivity index (χ1n) is 9.99. The van der Waals surface area contributed by atoms with Crippen molar-refractivity contribution in [2.45, 2.75) is 19.5 Å². The predicted molar refractivity (Wildman–Crippen MR) is 119 cm³/mol. The van der Waals surface area contributed by atoms with Crippen molar-refractivity contribution >= 4 is 17.7 Å². The highest BCUT2D eigenvalue weighted by Gasteiger charge is 2.22. The Morgan fingerprint density at radius 2 is 2.09 bits per heavy atom. The van der Waals surface area contributed by atoms with Crippen LogP contribution in [-0.4, -0.2) is 50.3 Å². The molecule has 1 aliphatic carbocycles. The fraction of sp³-hybridized carbons (Fsp3) is 0.238. The standard InChI is InChI=1S/C21H23FN10/c1-26-9-13(8-23)14-6-15(17(24)3-2-16(14)22)21(25)18-7-19(28-11-27-18)31-4-5-32-20(10-31)29-12-30-32/h3,6-9,11-12,23,25-26H,2,4-5,10,24H2,1H3/b13-9+,23-8?,25-21?. The molecular formula is C21H23FN10. The summed E-state index contributed by atoms with van der Waals surface area (Å²) in [4.78, 5) is 14.9. The molecule has 2 aliphatic rings. The zero-order valence-electron chi connectivity index (χ0n) is 17.5. The van der Waals surface area contributed by atoms with Crippen LogP contribution in [0.25, 0.3) is 0 Å². The molecule has 0 saturated heterocycles. The normalized spacial score (nSPS) is 16.7. The van der Waals surface area contributed by atoms with Gasteiger partial charge in [0.25, 0.3) is 0 Å². The lowest BCUT2D eigenvalue weighted by Gasteiger charge is -2.27. The van der Waals surface area contributed by atoms with Crippen LogP contribution in [0.4, 0.5) is 10.2 Å². The van der Waals surface area contributed by atoms with Gasteiger partial charge < -0.3 is 21.4 Å². The van der Waals surface area contributed by atoms with Crippen molar-refractivity contribution < 1.29 is 4.39 Å². The van der Waals surface area contributed by atoms with Gasteiger partial charge in [-0.25, -0.2) is 24.0 Å². The van der Waals surface area contributed by atoms with E-state index in [0.29, 0.717) is 42.3 Å². The van der Waals surface area contributed by atoms with Crippen molar-refractivity contribution in [1.82, 2.24) is 30.0 Å². The van der Waals surface area contributed by atoms with Gasteiger partial charge in [-0.15, -0.1) is 0 Å². The first-order chi connectivity index (χ1) is 15.5. The smallest absolute Gasteiger partial charge is 0.146 e. The van der Waals surface area contributed by atoms with Gasteiger partial charge in [0.05, 0.1) is 24.5 Å². The average Bonchev–Trinajstić information content (AvgIpc) is 3.24. The van der Waals surface area contributed by atoms with Crippen molar-refractivity contribution in [2.75, 3.05) is 18.5 Å². The number of hydrogen-bond acceptors (Lipinski definition) is 9. The number of rotatable bonds is 6. The molecule has 0 fully saturated rings. The SMILES string of the molecule is CN/C=C(\C=N)C1=C(F)CC=C(N)C(C(=N)c2cc(N3CCn4ncnc4C3)ncn2)=C1. The van der Waals surface area contributed by atoms with Gasteiger partial charge in [-0.05, 0) is 6.08 Å². The highest BCUT2D eigenvalue weighted by molar-refractivity contribution is 6.13. The summed E-state index contributed by atoms with van der Waals surface area (Å²) in [7, 11) is 1.67. The quantitative estimate of drug-likeness (QED) is 0.505. The fourth-order valence-corrected chi connectivity index (χ4v) is 3.59. The minimum Gasteiger partial charge on any atom is -0.398 e. The Labute approximate surface area is 184 Å². The van der Waals surface area contributed by atoms with E-state index in [9.17, 15) is 4.39 Å². The molecule has 0 bridgehead atoms. The minimum atomic E-state index is -0.429. The lowest BCUT2D eigenvalue weighted by molar-refractivity contribution is 0.510. The topological polar surface area (TPSA) is 145 Å². The van der Waals surface area contributed by atoms with Gasteiger partial charge in [0, 0.05) is 60.9 Å². The van der Waals surface area contributed by atoms with Crippen LogP contribution in [-0.2, 0) is 13.1 Å². The Kier molecular flexibility index (Phi) is 5.88. The predicted octanol–water partition coefficient (Wildman–Crippen LogP) is 1.61. The second-order valence-corrected chi connectivity index (χ2v) is 7.23. The minimum absolute atomic E-state index is 0.0210. The van der Waals surface area contributed by atoms with Crippen LogP contribution in [0.1, 0.15) is 17.9 Å². The van der Waals surface area contributed by atoms with Gasteiger partial charge in [0.2, 0.25) is 0 Å². The molecule has 4 rings (SSSR count). The molecule has 2 aromatic rings. The number of halogens is 1. The summed E-state index contributed by atoms with van der Waals surface area (Å²) in [5, 5.41) is 23.4. The molecule has 0 saturated carbocycles. The van der Waals surface area contributed by atoms with E-state index in [1.54, 1.807) is 13.1 Å². The Morgan fingerprint density at radius 3 is 2.88 bits per heavy atom. The monoisotopic (exact) mass is 434 g/mol. The van der Waals surface area contributed by atoms with Gasteiger partial charge in [-0.2, -0.15) is 5.10 Å². The number of nitrogens with zero attached hydrogens (tertiary/aromatic N) is 6. The van der Waals surface area contributed by atoms with Crippen molar-refractivity contribution in [2.24, 2.45) is 5.73 Å². The Balaban J connectivity index is 1.67. The molecule has 5 N–H and O–H groups in total. The molecule has 2 aromatic heterocycles. The molecule has 0 amide bonds. The molecule has 0 aromatic carbocycles. The molecule has 10 nitrogen and oxygen atoms in total. The van der Waals surface area contributed by atoms with Gasteiger partial charge in [-0.1, -0.05) is 6.08 Å². The summed E-state index contributed by atoms with van der Waals surface area (Å²) in [5.74, 6) is 1.07. The van der Waals surface area contributed by atoms with E-state index in [-0.39, 0.29) is 23.4 Å². The molecule has 0 spiro atoms. The maximum Gasteiger partial charge on any atom is 0.146 e. The van der Waals surface area contributed by atoms with E-state index in [1.807, 2.05) is 9.58 Å². The summed E-state index contributed by atoms with van der Waals surface area (Å²) < 4.78 is 16.6. The van der Waals surface area contributed by atoms with E-state index < -0.39 is 5.83 Å². The molecular weight excluding hydrogens is 411 g/mol. The van der Waals surface area contributed by atoms with Crippen molar-refractivity contribution in [3.8, 4) is 0 Å². The maximum absolute atomic E-state index is 14.7. The molecule has 32 heavy (non-hydrogen) atoms. The van der Waals surface area contributed by atoms with Gasteiger partial charge in [0.1, 0.15) is 30.1 Å². The van der Waals surface area contributed by atoms with Crippen LogP contribution in [0, 0.1) is 10.8 Å². The zero-order valence-corrected chi connectivity index (χ0v) is 17.5. The fourth-order valence-electron chi connectivity index (χ4n) is 3.59. The van der Waals surface area contributed by atoms with E-state index in [2.05, 4.69) is 25.4 Å². The number of anilines is 1. The van der Waals surface area contributed by atoms with Crippen LogP contribution >= 0.6 is 0 Å². The molecule has 1 aliphatic heterocycles. The highest BCUT2D eigenvalue weighted by Crippen LogP contribution is 2.28. The summed E-state index contributed by atoms with van der Waals surface area (Å²) in [6.45, 7) is 1.93. The van der Waals surface area contributed by atoms with Crippen LogP contribution in [0.5, 0.6) is 0 Å². The summed E-state index contributed by atoms with van der Waals surface area (Å²) in [6, 6.07) is 1.72. The maximum atomic E-state index is 14.7. The lowest BCUT2D eigenvalue weighted by Crippen LogP contribution is -2.35.